The number of carbonyl (C=O) groups excluding carboxylic acids is 1. The van der Waals surface area contributed by atoms with E-state index in [1.54, 1.807) is 24.3 Å². The lowest BCUT2D eigenvalue weighted by Crippen LogP contribution is -2.41. The molecule has 5 nitrogen and oxygen atoms in total. The number of morpholine rings is 1. The third kappa shape index (κ3) is 7.71. The predicted octanol–water partition coefficient (Wildman–Crippen LogP) is 2.72. The van der Waals surface area contributed by atoms with Crippen molar-refractivity contribution < 1.29 is 9.53 Å². The van der Waals surface area contributed by atoms with Crippen molar-refractivity contribution in [2.24, 2.45) is 0 Å². The van der Waals surface area contributed by atoms with Gasteiger partial charge in [0, 0.05) is 35.8 Å². The van der Waals surface area contributed by atoms with Crippen molar-refractivity contribution in [2.75, 3.05) is 39.4 Å². The molecular weight excluding hydrogens is 381 g/mol. The first-order valence-corrected chi connectivity index (χ1v) is 9.23. The number of nitrogens with one attached hydrogen (secondary N) is 2. The third-order valence-corrected chi connectivity index (χ3v) is 4.46. The lowest BCUT2D eigenvalue weighted by atomic mass is 10.2. The summed E-state index contributed by atoms with van der Waals surface area (Å²) in [5.41, 5.74) is 0.714. The molecule has 1 aliphatic heterocycles. The number of ether oxygens (including phenoxy) is 1. The van der Waals surface area contributed by atoms with E-state index < -0.39 is 0 Å². The van der Waals surface area contributed by atoms with Gasteiger partial charge in [0.2, 0.25) is 5.91 Å². The Bertz CT molecular complexity index is 634. The first-order valence-electron chi connectivity index (χ1n) is 8.06. The largest absolute Gasteiger partial charge is 0.379 e. The van der Waals surface area contributed by atoms with Gasteiger partial charge in [0.05, 0.1) is 13.2 Å². The van der Waals surface area contributed by atoms with Crippen LogP contribution in [0.2, 0.25) is 10.0 Å². The predicted molar refractivity (Wildman–Crippen MR) is 106 cm³/mol. The van der Waals surface area contributed by atoms with Crippen molar-refractivity contribution in [1.82, 2.24) is 15.5 Å². The summed E-state index contributed by atoms with van der Waals surface area (Å²) < 4.78 is 5.31. The average Bonchev–Trinajstić information content (AvgIpc) is 2.59. The fourth-order valence-electron chi connectivity index (χ4n) is 2.33. The van der Waals surface area contributed by atoms with E-state index in [4.69, 9.17) is 40.2 Å². The number of rotatable bonds is 6. The summed E-state index contributed by atoms with van der Waals surface area (Å²) in [4.78, 5) is 14.2. The Balaban J connectivity index is 1.65. The Morgan fingerprint density at radius 1 is 1.32 bits per heavy atom. The van der Waals surface area contributed by atoms with Gasteiger partial charge in [-0.1, -0.05) is 29.3 Å². The molecule has 0 aromatic heterocycles. The van der Waals surface area contributed by atoms with E-state index in [1.165, 1.54) is 6.08 Å². The highest BCUT2D eigenvalue weighted by Gasteiger charge is 2.09. The number of carbonyl (C=O) groups is 1. The number of amides is 1. The highest BCUT2D eigenvalue weighted by atomic mass is 35.5. The molecule has 1 aromatic carbocycles. The Hall–Kier alpha value is -1.18. The van der Waals surface area contributed by atoms with Crippen LogP contribution in [-0.4, -0.2) is 55.3 Å². The smallest absolute Gasteiger partial charge is 0.250 e. The van der Waals surface area contributed by atoms with Crippen molar-refractivity contribution in [2.45, 2.75) is 6.42 Å². The van der Waals surface area contributed by atoms with Crippen molar-refractivity contribution in [3.05, 3.63) is 39.9 Å². The number of hydrogen-bond donors (Lipinski definition) is 2. The second-order valence-electron chi connectivity index (χ2n) is 5.55. The molecule has 0 aliphatic carbocycles. The van der Waals surface area contributed by atoms with Crippen molar-refractivity contribution >= 4 is 52.5 Å². The van der Waals surface area contributed by atoms with Crippen LogP contribution >= 0.6 is 35.4 Å². The first kappa shape index (κ1) is 20.1. The van der Waals surface area contributed by atoms with Crippen molar-refractivity contribution in [1.29, 1.82) is 0 Å². The standard InChI is InChI=1S/C17H21Cl2N3O2S/c18-14-4-2-13(15(19)12-14)3-5-16(23)21-17(25)20-6-1-7-22-8-10-24-11-9-22/h2-5,12H,1,6-11H2,(H2,20,21,23,25)/b5-3+. The SMILES string of the molecule is O=C(/C=C/c1ccc(Cl)cc1Cl)NC(=S)NCCCN1CCOCC1. The van der Waals surface area contributed by atoms with Crippen LogP contribution in [0.5, 0.6) is 0 Å². The molecule has 8 heteroatoms. The van der Waals surface area contributed by atoms with Gasteiger partial charge >= 0.3 is 0 Å². The van der Waals surface area contributed by atoms with Gasteiger partial charge < -0.3 is 10.1 Å². The third-order valence-electron chi connectivity index (χ3n) is 3.65. The zero-order valence-electron chi connectivity index (χ0n) is 13.8. The molecule has 1 heterocycles. The summed E-state index contributed by atoms with van der Waals surface area (Å²) in [6.45, 7) is 5.24. The first-order chi connectivity index (χ1) is 12.0. The summed E-state index contributed by atoms with van der Waals surface area (Å²) in [6, 6.07) is 5.09. The van der Waals surface area contributed by atoms with E-state index in [2.05, 4.69) is 15.5 Å². The Labute approximate surface area is 163 Å². The molecule has 1 amide bonds. The van der Waals surface area contributed by atoms with Crippen LogP contribution in [0.1, 0.15) is 12.0 Å². The topological polar surface area (TPSA) is 53.6 Å². The highest BCUT2D eigenvalue weighted by Crippen LogP contribution is 2.21. The second kappa shape index (κ2) is 10.7. The minimum Gasteiger partial charge on any atom is -0.379 e. The molecule has 2 rings (SSSR count). The molecule has 0 bridgehead atoms. The van der Waals surface area contributed by atoms with Crippen molar-refractivity contribution in [3.8, 4) is 0 Å². The number of benzene rings is 1. The van der Waals surface area contributed by atoms with Gasteiger partial charge in [-0.25, -0.2) is 0 Å². The van der Waals surface area contributed by atoms with Crippen LogP contribution in [0.25, 0.3) is 6.08 Å². The summed E-state index contributed by atoms with van der Waals surface area (Å²) >= 11 is 17.0. The van der Waals surface area contributed by atoms with Gasteiger partial charge in [0.25, 0.3) is 0 Å². The van der Waals surface area contributed by atoms with Crippen LogP contribution < -0.4 is 10.6 Å². The van der Waals surface area contributed by atoms with E-state index in [-0.39, 0.29) is 5.91 Å². The van der Waals surface area contributed by atoms with E-state index in [1.807, 2.05) is 0 Å². The van der Waals surface area contributed by atoms with Crippen LogP contribution in [0.15, 0.2) is 24.3 Å². The Morgan fingerprint density at radius 2 is 2.08 bits per heavy atom. The van der Waals surface area contributed by atoms with Crippen molar-refractivity contribution in [3.63, 3.8) is 0 Å². The van der Waals surface area contributed by atoms with Crippen LogP contribution in [0.3, 0.4) is 0 Å². The molecule has 0 unspecified atom stereocenters. The molecule has 0 spiro atoms. The number of hydrogen-bond acceptors (Lipinski definition) is 4. The van der Waals surface area contributed by atoms with Gasteiger partial charge in [-0.2, -0.15) is 0 Å². The zero-order chi connectivity index (χ0) is 18.1. The Kier molecular flexibility index (Phi) is 8.64. The number of thiocarbonyl (C=S) groups is 1. The quantitative estimate of drug-likeness (QED) is 0.436. The second-order valence-corrected chi connectivity index (χ2v) is 6.80. The van der Waals surface area contributed by atoms with Gasteiger partial charge in [-0.3, -0.25) is 15.0 Å². The van der Waals surface area contributed by atoms with Gasteiger partial charge in [0.15, 0.2) is 5.11 Å². The van der Waals surface area contributed by atoms with Crippen LogP contribution in [0.4, 0.5) is 0 Å². The monoisotopic (exact) mass is 401 g/mol. The summed E-state index contributed by atoms with van der Waals surface area (Å²) in [5.74, 6) is -0.309. The van der Waals surface area contributed by atoms with Crippen LogP contribution in [0, 0.1) is 0 Å². The molecule has 1 aromatic rings. The lowest BCUT2D eigenvalue weighted by molar-refractivity contribution is -0.115. The fraction of sp³-hybridized carbons (Fsp3) is 0.412. The molecule has 1 saturated heterocycles. The Morgan fingerprint density at radius 3 is 2.80 bits per heavy atom. The lowest BCUT2D eigenvalue weighted by Gasteiger charge is -2.26. The maximum Gasteiger partial charge on any atom is 0.250 e. The fourth-order valence-corrected chi connectivity index (χ4v) is 3.00. The summed E-state index contributed by atoms with van der Waals surface area (Å²) in [7, 11) is 0. The highest BCUT2D eigenvalue weighted by molar-refractivity contribution is 7.80. The minimum atomic E-state index is -0.309. The van der Waals surface area contributed by atoms with E-state index in [9.17, 15) is 4.79 Å². The molecular formula is C17H21Cl2N3O2S. The molecule has 0 atom stereocenters. The normalized spacial score (nSPS) is 15.3. The van der Waals surface area contributed by atoms with E-state index in [0.29, 0.717) is 27.3 Å². The molecule has 1 fully saturated rings. The maximum atomic E-state index is 11.9. The minimum absolute atomic E-state index is 0.309. The van der Waals surface area contributed by atoms with E-state index >= 15 is 0 Å². The maximum absolute atomic E-state index is 11.9. The molecule has 2 N–H and O–H groups in total. The van der Waals surface area contributed by atoms with Crippen LogP contribution in [-0.2, 0) is 9.53 Å². The van der Waals surface area contributed by atoms with Gasteiger partial charge in [-0.05, 0) is 49.0 Å². The number of halogens is 2. The molecule has 136 valence electrons. The molecule has 0 radical (unpaired) electrons. The summed E-state index contributed by atoms with van der Waals surface area (Å²) in [6.07, 6.45) is 3.96. The van der Waals surface area contributed by atoms with E-state index in [0.717, 1.165) is 39.3 Å². The molecule has 0 saturated carbocycles. The molecule has 1 aliphatic rings. The van der Waals surface area contributed by atoms with Gasteiger partial charge in [0.1, 0.15) is 0 Å². The van der Waals surface area contributed by atoms with Gasteiger partial charge in [-0.15, -0.1) is 0 Å². The number of nitrogens with zero attached hydrogens (tertiary/aromatic N) is 1. The molecule has 25 heavy (non-hydrogen) atoms. The zero-order valence-corrected chi connectivity index (χ0v) is 16.1. The average molecular weight is 402 g/mol. The summed E-state index contributed by atoms with van der Waals surface area (Å²) in [5, 5.41) is 7.00.